The number of fused-ring (bicyclic) bond motifs is 1. The Kier molecular flexibility index (Phi) is 2.71. The van der Waals surface area contributed by atoms with E-state index in [1.165, 1.54) is 12.1 Å². The smallest absolute Gasteiger partial charge is 0.307 e. The van der Waals surface area contributed by atoms with Crippen LogP contribution in [-0.2, 0) is 18.3 Å². The molecule has 1 N–H and O–H groups in total. The molecule has 0 saturated carbocycles. The number of carbonyl (C=O) groups is 1. The molecule has 0 amide bonds. The van der Waals surface area contributed by atoms with Crippen LogP contribution in [0, 0.1) is 5.82 Å². The van der Waals surface area contributed by atoms with Crippen molar-refractivity contribution in [2.24, 2.45) is 7.05 Å². The molecule has 16 heavy (non-hydrogen) atoms. The Morgan fingerprint density at radius 3 is 2.88 bits per heavy atom. The van der Waals surface area contributed by atoms with Gasteiger partial charge in [-0.25, -0.2) is 4.39 Å². The molecule has 2 aromatic rings. The molecule has 0 radical (unpaired) electrons. The number of halogens is 2. The lowest BCUT2D eigenvalue weighted by Gasteiger charge is -1.96. The average molecular weight is 286 g/mol. The van der Waals surface area contributed by atoms with E-state index in [2.05, 4.69) is 15.9 Å². The molecule has 1 aromatic carbocycles. The topological polar surface area (TPSA) is 42.2 Å². The van der Waals surface area contributed by atoms with Crippen LogP contribution in [0.1, 0.15) is 5.56 Å². The minimum absolute atomic E-state index is 0.124. The van der Waals surface area contributed by atoms with Crippen LogP contribution in [0.2, 0.25) is 0 Å². The number of hydrogen-bond acceptors (Lipinski definition) is 1. The van der Waals surface area contributed by atoms with Gasteiger partial charge in [-0.05, 0) is 34.1 Å². The van der Waals surface area contributed by atoms with Gasteiger partial charge in [-0.3, -0.25) is 4.79 Å². The average Bonchev–Trinajstić information content (AvgIpc) is 2.43. The Bertz CT molecular complexity index is 577. The first-order valence-electron chi connectivity index (χ1n) is 4.65. The predicted octanol–water partition coefficient (Wildman–Crippen LogP) is 2.71. The van der Waals surface area contributed by atoms with Crippen molar-refractivity contribution in [1.29, 1.82) is 0 Å². The molecule has 5 heteroatoms. The summed E-state index contributed by atoms with van der Waals surface area (Å²) in [7, 11) is 1.80. The second-order valence-electron chi connectivity index (χ2n) is 3.56. The molecule has 0 fully saturated rings. The molecule has 0 atom stereocenters. The molecule has 0 saturated heterocycles. The predicted molar refractivity (Wildman–Crippen MR) is 61.9 cm³/mol. The van der Waals surface area contributed by atoms with E-state index in [-0.39, 0.29) is 12.2 Å². The Morgan fingerprint density at radius 2 is 2.25 bits per heavy atom. The molecule has 0 aliphatic rings. The van der Waals surface area contributed by atoms with Crippen molar-refractivity contribution in [2.45, 2.75) is 6.42 Å². The van der Waals surface area contributed by atoms with Crippen LogP contribution < -0.4 is 0 Å². The molecule has 0 aliphatic heterocycles. The van der Waals surface area contributed by atoms with Crippen molar-refractivity contribution < 1.29 is 14.3 Å². The zero-order chi connectivity index (χ0) is 11.9. The van der Waals surface area contributed by atoms with Gasteiger partial charge in [0, 0.05) is 23.5 Å². The summed E-state index contributed by atoms with van der Waals surface area (Å²) in [6.45, 7) is 0. The highest BCUT2D eigenvalue weighted by Gasteiger charge is 2.15. The van der Waals surface area contributed by atoms with Gasteiger partial charge in [0.25, 0.3) is 0 Å². The first-order valence-corrected chi connectivity index (χ1v) is 5.44. The van der Waals surface area contributed by atoms with Crippen molar-refractivity contribution in [2.75, 3.05) is 0 Å². The van der Waals surface area contributed by atoms with Crippen LogP contribution in [0.25, 0.3) is 10.9 Å². The summed E-state index contributed by atoms with van der Waals surface area (Å²) >= 11 is 3.32. The van der Waals surface area contributed by atoms with Crippen LogP contribution in [-0.4, -0.2) is 15.6 Å². The SMILES string of the molecule is Cn1c(Br)c(CC(=O)O)c2cc(F)ccc21. The second kappa shape index (κ2) is 3.90. The molecule has 1 aromatic heterocycles. The minimum Gasteiger partial charge on any atom is -0.481 e. The number of hydrogen-bond donors (Lipinski definition) is 1. The third-order valence-corrected chi connectivity index (χ3v) is 3.53. The fraction of sp³-hybridized carbons (Fsp3) is 0.182. The van der Waals surface area contributed by atoms with Gasteiger partial charge in [-0.1, -0.05) is 0 Å². The fourth-order valence-electron chi connectivity index (χ4n) is 1.78. The number of benzene rings is 1. The van der Waals surface area contributed by atoms with Gasteiger partial charge in [-0.15, -0.1) is 0 Å². The lowest BCUT2D eigenvalue weighted by molar-refractivity contribution is -0.136. The molecular formula is C11H9BrFNO2. The van der Waals surface area contributed by atoms with Gasteiger partial charge >= 0.3 is 5.97 Å². The number of nitrogens with zero attached hydrogens (tertiary/aromatic N) is 1. The Morgan fingerprint density at radius 1 is 1.56 bits per heavy atom. The zero-order valence-electron chi connectivity index (χ0n) is 8.50. The van der Waals surface area contributed by atoms with Crippen LogP contribution in [0.5, 0.6) is 0 Å². The summed E-state index contributed by atoms with van der Waals surface area (Å²) in [6, 6.07) is 4.36. The molecule has 3 nitrogen and oxygen atoms in total. The molecule has 0 unspecified atom stereocenters. The maximum absolute atomic E-state index is 13.1. The first-order chi connectivity index (χ1) is 7.50. The van der Waals surface area contributed by atoms with E-state index in [1.807, 2.05) is 0 Å². The van der Waals surface area contributed by atoms with Gasteiger partial charge < -0.3 is 9.67 Å². The number of carboxylic acids is 1. The molecule has 1 heterocycles. The van der Waals surface area contributed by atoms with E-state index >= 15 is 0 Å². The summed E-state index contributed by atoms with van der Waals surface area (Å²) < 4.78 is 15.6. The van der Waals surface area contributed by atoms with Gasteiger partial charge in [0.2, 0.25) is 0 Å². The summed E-state index contributed by atoms with van der Waals surface area (Å²) in [4.78, 5) is 10.7. The molecular weight excluding hydrogens is 277 g/mol. The number of aromatic nitrogens is 1. The Balaban J connectivity index is 2.75. The summed E-state index contributed by atoms with van der Waals surface area (Å²) in [5, 5.41) is 9.44. The summed E-state index contributed by atoms with van der Waals surface area (Å²) in [5.41, 5.74) is 1.41. The van der Waals surface area contributed by atoms with Crippen molar-refractivity contribution in [3.05, 3.63) is 34.2 Å². The Labute approximate surface area is 99.6 Å². The highest BCUT2D eigenvalue weighted by molar-refractivity contribution is 9.10. The zero-order valence-corrected chi connectivity index (χ0v) is 10.1. The van der Waals surface area contributed by atoms with Crippen molar-refractivity contribution in [3.63, 3.8) is 0 Å². The van der Waals surface area contributed by atoms with Gasteiger partial charge in [0.05, 0.1) is 11.0 Å². The quantitative estimate of drug-likeness (QED) is 0.922. The standard InChI is InChI=1S/C11H9BrFNO2/c1-14-9-3-2-6(13)4-7(9)8(11(14)12)5-10(15)16/h2-4H,5H2,1H3,(H,15,16). The minimum atomic E-state index is -0.933. The van der Waals surface area contributed by atoms with E-state index in [0.29, 0.717) is 15.6 Å². The number of rotatable bonds is 2. The molecule has 0 spiro atoms. The molecule has 0 bridgehead atoms. The van der Waals surface area contributed by atoms with Crippen LogP contribution in [0.15, 0.2) is 22.8 Å². The lowest BCUT2D eigenvalue weighted by atomic mass is 10.1. The molecule has 2 rings (SSSR count). The highest BCUT2D eigenvalue weighted by Crippen LogP contribution is 2.30. The first kappa shape index (κ1) is 11.1. The van der Waals surface area contributed by atoms with Crippen LogP contribution >= 0.6 is 15.9 Å². The van der Waals surface area contributed by atoms with Gasteiger partial charge in [-0.2, -0.15) is 0 Å². The van der Waals surface area contributed by atoms with Crippen molar-refractivity contribution in [3.8, 4) is 0 Å². The third-order valence-electron chi connectivity index (χ3n) is 2.52. The van der Waals surface area contributed by atoms with E-state index in [0.717, 1.165) is 5.52 Å². The maximum atomic E-state index is 13.1. The second-order valence-corrected chi connectivity index (χ2v) is 4.31. The van der Waals surface area contributed by atoms with E-state index in [4.69, 9.17) is 5.11 Å². The van der Waals surface area contributed by atoms with E-state index in [1.54, 1.807) is 17.7 Å². The molecule has 0 aliphatic carbocycles. The summed E-state index contributed by atoms with van der Waals surface area (Å²) in [5.74, 6) is -1.30. The number of aliphatic carboxylic acids is 1. The molecule has 84 valence electrons. The summed E-state index contributed by atoms with van der Waals surface area (Å²) in [6.07, 6.45) is -0.124. The fourth-order valence-corrected chi connectivity index (χ4v) is 2.33. The largest absolute Gasteiger partial charge is 0.481 e. The van der Waals surface area contributed by atoms with Gasteiger partial charge in [0.1, 0.15) is 5.82 Å². The number of aryl methyl sites for hydroxylation is 1. The number of carboxylic acid groups (broad SMARTS) is 1. The van der Waals surface area contributed by atoms with Crippen molar-refractivity contribution >= 4 is 32.8 Å². The highest BCUT2D eigenvalue weighted by atomic mass is 79.9. The van der Waals surface area contributed by atoms with Gasteiger partial charge in [0.15, 0.2) is 0 Å². The lowest BCUT2D eigenvalue weighted by Crippen LogP contribution is -2.00. The van der Waals surface area contributed by atoms with Crippen LogP contribution in [0.3, 0.4) is 0 Å². The Hall–Kier alpha value is -1.36. The maximum Gasteiger partial charge on any atom is 0.307 e. The third kappa shape index (κ3) is 1.71. The van der Waals surface area contributed by atoms with Crippen molar-refractivity contribution in [1.82, 2.24) is 4.57 Å². The van der Waals surface area contributed by atoms with E-state index in [9.17, 15) is 9.18 Å². The monoisotopic (exact) mass is 285 g/mol. The van der Waals surface area contributed by atoms with Crippen LogP contribution in [0.4, 0.5) is 4.39 Å². The van der Waals surface area contributed by atoms with E-state index < -0.39 is 5.97 Å². The normalized spacial score (nSPS) is 10.9.